The first-order valence-corrected chi connectivity index (χ1v) is 6.08. The lowest BCUT2D eigenvalue weighted by Crippen LogP contribution is -2.26. The van der Waals surface area contributed by atoms with Gasteiger partial charge in [-0.25, -0.2) is 0 Å². The quantitative estimate of drug-likeness (QED) is 0.758. The van der Waals surface area contributed by atoms with Gasteiger partial charge in [-0.3, -0.25) is 9.99 Å². The fourth-order valence-electron chi connectivity index (χ4n) is 2.04. The van der Waals surface area contributed by atoms with Gasteiger partial charge in [0.25, 0.3) is 0 Å². The third-order valence-electron chi connectivity index (χ3n) is 2.99. The Morgan fingerprint density at radius 3 is 3.19 bits per heavy atom. The first-order valence-electron chi connectivity index (χ1n) is 6.08. The predicted octanol–water partition coefficient (Wildman–Crippen LogP) is 2.83. The number of unbranched alkanes of at least 4 members (excludes halogenated alkanes) is 1. The maximum Gasteiger partial charge on any atom is 0.0629 e. The van der Waals surface area contributed by atoms with Gasteiger partial charge in [-0.2, -0.15) is 5.10 Å². The standard InChI is InChI=1S/C13H19N3/c1-2-3-6-13-7-9-15-16(13)11-12-5-4-8-14-10-12/h4-5,8-10,13H,2-3,6-7,11H2,1H3. The molecule has 0 spiro atoms. The predicted molar refractivity (Wildman–Crippen MR) is 66.2 cm³/mol. The van der Waals surface area contributed by atoms with Crippen LogP contribution >= 0.6 is 0 Å². The van der Waals surface area contributed by atoms with E-state index in [1.54, 1.807) is 0 Å². The maximum absolute atomic E-state index is 4.45. The van der Waals surface area contributed by atoms with Crippen molar-refractivity contribution < 1.29 is 0 Å². The normalized spacial score (nSPS) is 19.3. The van der Waals surface area contributed by atoms with Gasteiger partial charge >= 0.3 is 0 Å². The van der Waals surface area contributed by atoms with Gasteiger partial charge in [0.05, 0.1) is 12.6 Å². The van der Waals surface area contributed by atoms with Crippen molar-refractivity contribution in [2.45, 2.75) is 45.2 Å². The van der Waals surface area contributed by atoms with E-state index in [0.717, 1.165) is 13.0 Å². The summed E-state index contributed by atoms with van der Waals surface area (Å²) in [6, 6.07) is 4.69. The Hall–Kier alpha value is -1.38. The highest BCUT2D eigenvalue weighted by molar-refractivity contribution is 5.59. The van der Waals surface area contributed by atoms with E-state index in [-0.39, 0.29) is 0 Å². The van der Waals surface area contributed by atoms with Crippen molar-refractivity contribution >= 4 is 6.21 Å². The van der Waals surface area contributed by atoms with E-state index in [0.29, 0.717) is 6.04 Å². The second-order valence-electron chi connectivity index (χ2n) is 4.29. The minimum Gasteiger partial charge on any atom is -0.289 e. The molecule has 3 nitrogen and oxygen atoms in total. The molecule has 0 bridgehead atoms. The molecule has 0 N–H and O–H groups in total. The number of hydrogen-bond acceptors (Lipinski definition) is 3. The van der Waals surface area contributed by atoms with Gasteiger partial charge in [-0.15, -0.1) is 0 Å². The van der Waals surface area contributed by atoms with E-state index < -0.39 is 0 Å². The van der Waals surface area contributed by atoms with Crippen molar-refractivity contribution in [1.82, 2.24) is 9.99 Å². The van der Waals surface area contributed by atoms with E-state index in [9.17, 15) is 0 Å². The van der Waals surface area contributed by atoms with Gasteiger partial charge in [-0.1, -0.05) is 25.8 Å². The van der Waals surface area contributed by atoms with Crippen molar-refractivity contribution in [3.63, 3.8) is 0 Å². The Kier molecular flexibility index (Phi) is 3.91. The number of nitrogens with zero attached hydrogens (tertiary/aromatic N) is 3. The summed E-state index contributed by atoms with van der Waals surface area (Å²) in [6.07, 6.45) is 10.7. The molecule has 2 heterocycles. The lowest BCUT2D eigenvalue weighted by Gasteiger charge is -2.23. The van der Waals surface area contributed by atoms with E-state index >= 15 is 0 Å². The van der Waals surface area contributed by atoms with Crippen LogP contribution in [0.25, 0.3) is 0 Å². The summed E-state index contributed by atoms with van der Waals surface area (Å²) in [7, 11) is 0. The van der Waals surface area contributed by atoms with Crippen molar-refractivity contribution in [3.05, 3.63) is 30.1 Å². The van der Waals surface area contributed by atoms with Gasteiger partial charge in [-0.05, 0) is 18.1 Å². The van der Waals surface area contributed by atoms with Crippen LogP contribution in [0.15, 0.2) is 29.6 Å². The average molecular weight is 217 g/mol. The molecule has 0 fully saturated rings. The molecule has 1 aliphatic heterocycles. The zero-order valence-corrected chi connectivity index (χ0v) is 9.84. The van der Waals surface area contributed by atoms with Gasteiger partial charge < -0.3 is 0 Å². The van der Waals surface area contributed by atoms with Crippen molar-refractivity contribution in [2.75, 3.05) is 0 Å². The molecule has 1 unspecified atom stereocenters. The van der Waals surface area contributed by atoms with E-state index in [4.69, 9.17) is 0 Å². The topological polar surface area (TPSA) is 28.5 Å². The molecule has 0 saturated heterocycles. The summed E-state index contributed by atoms with van der Waals surface area (Å²) < 4.78 is 0. The Labute approximate surface area is 97.2 Å². The molecular formula is C13H19N3. The number of hydrazone groups is 1. The molecule has 16 heavy (non-hydrogen) atoms. The summed E-state index contributed by atoms with van der Waals surface area (Å²) >= 11 is 0. The maximum atomic E-state index is 4.45. The third-order valence-corrected chi connectivity index (χ3v) is 2.99. The highest BCUT2D eigenvalue weighted by Gasteiger charge is 2.19. The molecule has 1 aliphatic rings. The smallest absolute Gasteiger partial charge is 0.0629 e. The van der Waals surface area contributed by atoms with E-state index in [2.05, 4.69) is 28.1 Å². The Balaban J connectivity index is 1.91. The van der Waals surface area contributed by atoms with E-state index in [1.165, 1.54) is 24.8 Å². The molecule has 86 valence electrons. The highest BCUT2D eigenvalue weighted by Crippen LogP contribution is 2.19. The molecule has 1 aromatic heterocycles. The zero-order chi connectivity index (χ0) is 11.2. The largest absolute Gasteiger partial charge is 0.289 e. The monoisotopic (exact) mass is 217 g/mol. The number of hydrogen-bond donors (Lipinski definition) is 0. The third kappa shape index (κ3) is 2.81. The summed E-state index contributed by atoms with van der Waals surface area (Å²) in [5.41, 5.74) is 1.24. The zero-order valence-electron chi connectivity index (χ0n) is 9.84. The molecule has 0 amide bonds. The number of pyridine rings is 1. The molecule has 1 atom stereocenters. The minimum atomic E-state index is 0.597. The molecule has 0 aromatic carbocycles. The lowest BCUT2D eigenvalue weighted by atomic mass is 10.1. The lowest BCUT2D eigenvalue weighted by molar-refractivity contribution is 0.208. The Morgan fingerprint density at radius 1 is 1.50 bits per heavy atom. The van der Waals surface area contributed by atoms with Crippen LogP contribution in [0.5, 0.6) is 0 Å². The molecule has 0 radical (unpaired) electrons. The molecule has 0 saturated carbocycles. The van der Waals surface area contributed by atoms with Crippen LogP contribution in [-0.4, -0.2) is 22.2 Å². The second-order valence-corrected chi connectivity index (χ2v) is 4.29. The van der Waals surface area contributed by atoms with E-state index in [1.807, 2.05) is 24.7 Å². The van der Waals surface area contributed by atoms with Crippen molar-refractivity contribution in [2.24, 2.45) is 5.10 Å². The molecule has 3 heteroatoms. The minimum absolute atomic E-state index is 0.597. The summed E-state index contributed by atoms with van der Waals surface area (Å²) in [4.78, 5) is 4.14. The second kappa shape index (κ2) is 5.64. The molecular weight excluding hydrogens is 198 g/mol. The van der Waals surface area contributed by atoms with Crippen LogP contribution in [-0.2, 0) is 6.54 Å². The van der Waals surface area contributed by atoms with Crippen LogP contribution in [0.3, 0.4) is 0 Å². The number of rotatable bonds is 5. The van der Waals surface area contributed by atoms with Gasteiger partial charge in [0, 0.05) is 25.0 Å². The van der Waals surface area contributed by atoms with Gasteiger partial charge in [0.15, 0.2) is 0 Å². The van der Waals surface area contributed by atoms with Crippen molar-refractivity contribution in [3.8, 4) is 0 Å². The molecule has 0 aliphatic carbocycles. The average Bonchev–Trinajstić information content (AvgIpc) is 2.75. The first kappa shape index (κ1) is 11.1. The first-order chi connectivity index (χ1) is 7.90. The fraction of sp³-hybridized carbons (Fsp3) is 0.538. The van der Waals surface area contributed by atoms with Crippen LogP contribution < -0.4 is 0 Å². The van der Waals surface area contributed by atoms with Gasteiger partial charge in [0.1, 0.15) is 0 Å². The summed E-state index contributed by atoms with van der Waals surface area (Å²) in [5, 5.41) is 6.65. The van der Waals surface area contributed by atoms with Crippen molar-refractivity contribution in [1.29, 1.82) is 0 Å². The SMILES string of the molecule is CCCCC1CC=NN1Cc1cccnc1. The van der Waals surface area contributed by atoms with Gasteiger partial charge in [0.2, 0.25) is 0 Å². The van der Waals surface area contributed by atoms with Crippen LogP contribution in [0, 0.1) is 0 Å². The molecule has 1 aromatic rings. The number of aromatic nitrogens is 1. The van der Waals surface area contributed by atoms with Crippen LogP contribution in [0.2, 0.25) is 0 Å². The Morgan fingerprint density at radius 2 is 2.44 bits per heavy atom. The molecule has 2 rings (SSSR count). The Bertz CT molecular complexity index is 334. The fourth-order valence-corrected chi connectivity index (χ4v) is 2.04. The van der Waals surface area contributed by atoms with Crippen LogP contribution in [0.4, 0.5) is 0 Å². The van der Waals surface area contributed by atoms with Crippen LogP contribution in [0.1, 0.15) is 38.2 Å². The highest BCUT2D eigenvalue weighted by atomic mass is 15.5. The summed E-state index contributed by atoms with van der Waals surface area (Å²) in [6.45, 7) is 3.12. The summed E-state index contributed by atoms with van der Waals surface area (Å²) in [5.74, 6) is 0.